The topological polar surface area (TPSA) is 99.4 Å². The van der Waals surface area contributed by atoms with Crippen LogP contribution in [-0.2, 0) is 5.75 Å². The van der Waals surface area contributed by atoms with Crippen LogP contribution < -0.4 is 0 Å². The summed E-state index contributed by atoms with van der Waals surface area (Å²) in [6, 6.07) is 7.07. The lowest BCUT2D eigenvalue weighted by Crippen LogP contribution is -1.94. The van der Waals surface area contributed by atoms with E-state index >= 15 is 0 Å². The van der Waals surface area contributed by atoms with Crippen molar-refractivity contribution in [2.24, 2.45) is 0 Å². The van der Waals surface area contributed by atoms with Gasteiger partial charge in [-0.1, -0.05) is 0 Å². The van der Waals surface area contributed by atoms with E-state index < -0.39 is 9.85 Å². The zero-order valence-corrected chi connectivity index (χ0v) is 10.3. The van der Waals surface area contributed by atoms with E-state index in [9.17, 15) is 20.2 Å². The quantitative estimate of drug-likeness (QED) is 0.473. The lowest BCUT2D eigenvalue weighted by atomic mass is 10.3. The molecule has 0 aliphatic rings. The van der Waals surface area contributed by atoms with Crippen LogP contribution >= 0.6 is 11.8 Å². The molecule has 98 valence electrons. The third kappa shape index (κ3) is 3.10. The van der Waals surface area contributed by atoms with Crippen molar-refractivity contribution in [2.45, 2.75) is 10.6 Å². The predicted molar refractivity (Wildman–Crippen MR) is 68.0 cm³/mol. The van der Waals surface area contributed by atoms with Gasteiger partial charge in [0.1, 0.15) is 5.76 Å². The normalized spacial score (nSPS) is 10.3. The summed E-state index contributed by atoms with van der Waals surface area (Å²) < 4.78 is 5.12. The molecule has 0 bridgehead atoms. The molecule has 0 fully saturated rings. The van der Waals surface area contributed by atoms with E-state index in [-0.39, 0.29) is 11.4 Å². The molecule has 0 spiro atoms. The SMILES string of the molecule is O=[N+]([O-])c1ccc(SCc2ccco2)c([N+](=O)[O-])c1. The van der Waals surface area contributed by atoms with E-state index in [0.717, 1.165) is 6.07 Å². The van der Waals surface area contributed by atoms with Crippen LogP contribution in [0.5, 0.6) is 0 Å². The molecule has 1 aromatic carbocycles. The van der Waals surface area contributed by atoms with Gasteiger partial charge in [0, 0.05) is 6.07 Å². The Hall–Kier alpha value is -2.35. The van der Waals surface area contributed by atoms with E-state index in [4.69, 9.17) is 4.42 Å². The highest BCUT2D eigenvalue weighted by Crippen LogP contribution is 2.34. The molecule has 0 amide bonds. The van der Waals surface area contributed by atoms with E-state index in [1.165, 1.54) is 30.2 Å². The molecule has 0 saturated heterocycles. The van der Waals surface area contributed by atoms with Crippen LogP contribution in [0.3, 0.4) is 0 Å². The van der Waals surface area contributed by atoms with E-state index in [1.807, 2.05) is 0 Å². The molecule has 19 heavy (non-hydrogen) atoms. The minimum Gasteiger partial charge on any atom is -0.468 e. The lowest BCUT2D eigenvalue weighted by Gasteiger charge is -2.01. The molecule has 0 aliphatic heterocycles. The summed E-state index contributed by atoms with van der Waals surface area (Å²) in [5.41, 5.74) is -0.570. The molecule has 2 aromatic rings. The van der Waals surface area contributed by atoms with Crippen molar-refractivity contribution in [3.05, 3.63) is 62.6 Å². The van der Waals surface area contributed by atoms with Gasteiger partial charge in [-0.15, -0.1) is 11.8 Å². The van der Waals surface area contributed by atoms with Gasteiger partial charge in [0.15, 0.2) is 0 Å². The van der Waals surface area contributed by atoms with E-state index in [1.54, 1.807) is 12.1 Å². The second-order valence-electron chi connectivity index (χ2n) is 3.53. The molecule has 0 saturated carbocycles. The number of thioether (sulfide) groups is 1. The van der Waals surface area contributed by atoms with Crippen LogP contribution in [0.25, 0.3) is 0 Å². The average molecular weight is 280 g/mol. The highest BCUT2D eigenvalue weighted by Gasteiger charge is 2.19. The maximum atomic E-state index is 10.9. The monoisotopic (exact) mass is 280 g/mol. The maximum Gasteiger partial charge on any atom is 0.289 e. The van der Waals surface area contributed by atoms with Crippen molar-refractivity contribution in [2.75, 3.05) is 0 Å². The zero-order valence-electron chi connectivity index (χ0n) is 9.52. The van der Waals surface area contributed by atoms with E-state index in [2.05, 4.69) is 0 Å². The van der Waals surface area contributed by atoms with Crippen molar-refractivity contribution in [1.29, 1.82) is 0 Å². The van der Waals surface area contributed by atoms with Crippen LogP contribution in [0.4, 0.5) is 11.4 Å². The Bertz CT molecular complexity index is 612. The Kier molecular flexibility index (Phi) is 3.81. The van der Waals surface area contributed by atoms with Gasteiger partial charge in [0.05, 0.1) is 32.8 Å². The summed E-state index contributed by atoms with van der Waals surface area (Å²) in [6.07, 6.45) is 1.51. The third-order valence-electron chi connectivity index (χ3n) is 2.30. The summed E-state index contributed by atoms with van der Waals surface area (Å²) in [6.45, 7) is 0. The van der Waals surface area contributed by atoms with Crippen LogP contribution in [-0.4, -0.2) is 9.85 Å². The molecule has 2 rings (SSSR count). The molecule has 7 nitrogen and oxygen atoms in total. The van der Waals surface area contributed by atoms with Crippen molar-refractivity contribution in [1.82, 2.24) is 0 Å². The van der Waals surface area contributed by atoms with Gasteiger partial charge >= 0.3 is 0 Å². The lowest BCUT2D eigenvalue weighted by molar-refractivity contribution is -0.396. The third-order valence-corrected chi connectivity index (χ3v) is 3.39. The summed E-state index contributed by atoms with van der Waals surface area (Å²) in [7, 11) is 0. The smallest absolute Gasteiger partial charge is 0.289 e. The van der Waals surface area contributed by atoms with Gasteiger partial charge < -0.3 is 4.42 Å². The molecular weight excluding hydrogens is 272 g/mol. The molecule has 0 N–H and O–H groups in total. The predicted octanol–water partition coefficient (Wildman–Crippen LogP) is 3.39. The van der Waals surface area contributed by atoms with Gasteiger partial charge in [0.2, 0.25) is 0 Å². The fourth-order valence-corrected chi connectivity index (χ4v) is 2.34. The highest BCUT2D eigenvalue weighted by molar-refractivity contribution is 7.98. The molecule has 0 aliphatic carbocycles. The summed E-state index contributed by atoms with van der Waals surface area (Å²) >= 11 is 1.20. The van der Waals surface area contributed by atoms with Crippen molar-refractivity contribution in [3.63, 3.8) is 0 Å². The Labute approximate surface area is 111 Å². The van der Waals surface area contributed by atoms with E-state index in [0.29, 0.717) is 16.4 Å². The first-order valence-corrected chi connectivity index (χ1v) is 6.14. The van der Waals surface area contributed by atoms with Crippen LogP contribution in [0.1, 0.15) is 5.76 Å². The number of hydrogen-bond acceptors (Lipinski definition) is 6. The summed E-state index contributed by atoms with van der Waals surface area (Å²) in [5.74, 6) is 1.10. The number of furan rings is 1. The van der Waals surface area contributed by atoms with Crippen molar-refractivity contribution in [3.8, 4) is 0 Å². The standard InChI is InChI=1S/C11H8N2O5S/c14-12(15)8-3-4-11(10(6-8)13(16)17)19-7-9-2-1-5-18-9/h1-6H,7H2. The second-order valence-corrected chi connectivity index (χ2v) is 4.55. The molecule has 1 aromatic heterocycles. The number of non-ortho nitro benzene ring substituents is 1. The van der Waals surface area contributed by atoms with Gasteiger partial charge in [-0.2, -0.15) is 0 Å². The van der Waals surface area contributed by atoms with Crippen molar-refractivity contribution >= 4 is 23.1 Å². The fourth-order valence-electron chi connectivity index (χ4n) is 1.43. The summed E-state index contributed by atoms with van der Waals surface area (Å²) in [4.78, 5) is 20.6. The Morgan fingerprint density at radius 1 is 1.16 bits per heavy atom. The number of rotatable bonds is 5. The first-order valence-electron chi connectivity index (χ1n) is 5.16. The van der Waals surface area contributed by atoms with Crippen molar-refractivity contribution < 1.29 is 14.3 Å². The molecule has 0 atom stereocenters. The second kappa shape index (κ2) is 5.53. The Morgan fingerprint density at radius 2 is 1.95 bits per heavy atom. The zero-order chi connectivity index (χ0) is 13.8. The van der Waals surface area contributed by atoms with Gasteiger partial charge in [0.25, 0.3) is 11.4 Å². The number of nitro benzene ring substituents is 2. The molecule has 0 radical (unpaired) electrons. The highest BCUT2D eigenvalue weighted by atomic mass is 32.2. The number of nitro groups is 2. The minimum atomic E-state index is -0.659. The maximum absolute atomic E-state index is 10.9. The summed E-state index contributed by atoms with van der Waals surface area (Å²) in [5, 5.41) is 21.5. The molecular formula is C11H8N2O5S. The molecule has 1 heterocycles. The van der Waals surface area contributed by atoms with Crippen LogP contribution in [0.2, 0.25) is 0 Å². The Morgan fingerprint density at radius 3 is 2.53 bits per heavy atom. The first kappa shape index (κ1) is 13.1. The molecule has 8 heteroatoms. The largest absolute Gasteiger partial charge is 0.468 e. The minimum absolute atomic E-state index is 0.272. The number of nitrogens with zero attached hydrogens (tertiary/aromatic N) is 2. The number of benzene rings is 1. The van der Waals surface area contributed by atoms with Gasteiger partial charge in [-0.05, 0) is 18.2 Å². The van der Waals surface area contributed by atoms with Crippen LogP contribution in [0, 0.1) is 20.2 Å². The first-order chi connectivity index (χ1) is 9.08. The van der Waals surface area contributed by atoms with Gasteiger partial charge in [-0.25, -0.2) is 0 Å². The fraction of sp³-hybridized carbons (Fsp3) is 0.0909. The van der Waals surface area contributed by atoms with Crippen LogP contribution in [0.15, 0.2) is 45.9 Å². The van der Waals surface area contributed by atoms with Gasteiger partial charge in [-0.3, -0.25) is 20.2 Å². The molecule has 0 unspecified atom stereocenters. The Balaban J connectivity index is 2.24. The number of hydrogen-bond donors (Lipinski definition) is 0. The average Bonchev–Trinajstić information content (AvgIpc) is 2.89.